The molecular weight excluding hydrogens is 755 g/mol. The number of aliphatic carboxylic acids is 1. The van der Waals surface area contributed by atoms with Gasteiger partial charge in [-0.3, -0.25) is 9.69 Å². The molecule has 1 aliphatic heterocycles. The number of nitriles is 1. The maximum absolute atomic E-state index is 14.0. The van der Waals surface area contributed by atoms with Crippen molar-refractivity contribution >= 4 is 17.7 Å². The number of fused-ring (bicyclic) bond motifs is 1. The molecule has 0 spiro atoms. The zero-order valence-corrected chi connectivity index (χ0v) is 29.1. The number of carbonyl (C=O) groups is 2. The number of carboxylic acids is 1. The van der Waals surface area contributed by atoms with Gasteiger partial charge < -0.3 is 20.3 Å². The summed E-state index contributed by atoms with van der Waals surface area (Å²) >= 11 is 0. The lowest BCUT2D eigenvalue weighted by Gasteiger charge is -2.46. The molecule has 0 radical (unpaired) electrons. The molecule has 1 aliphatic rings. The molecule has 0 saturated carbocycles. The van der Waals surface area contributed by atoms with Crippen LogP contribution in [0.5, 0.6) is 5.75 Å². The van der Waals surface area contributed by atoms with Crippen molar-refractivity contribution in [2.75, 3.05) is 18.1 Å². The quantitative estimate of drug-likeness (QED) is 0.120. The van der Waals surface area contributed by atoms with Crippen LogP contribution in [0.4, 0.5) is 50.0 Å². The van der Waals surface area contributed by atoms with Crippen molar-refractivity contribution in [3.63, 3.8) is 0 Å². The number of halogens is 9. The summed E-state index contributed by atoms with van der Waals surface area (Å²) in [6, 6.07) is 4.45. The number of amides is 1. The van der Waals surface area contributed by atoms with Crippen LogP contribution < -0.4 is 15.4 Å². The fourth-order valence-electron chi connectivity index (χ4n) is 5.91. The van der Waals surface area contributed by atoms with Crippen molar-refractivity contribution in [1.82, 2.24) is 15.0 Å². The molecule has 0 unspecified atom stereocenters. The normalized spacial score (nSPS) is 17.3. The summed E-state index contributed by atoms with van der Waals surface area (Å²) < 4.78 is 135. The summed E-state index contributed by atoms with van der Waals surface area (Å²) in [5.41, 5.74) is -0.721. The number of alkyl halides is 9. The van der Waals surface area contributed by atoms with Gasteiger partial charge in [-0.15, -0.1) is 0 Å². The lowest BCUT2D eigenvalue weighted by atomic mass is 9.83. The van der Waals surface area contributed by atoms with E-state index in [1.54, 1.807) is 6.92 Å². The van der Waals surface area contributed by atoms with E-state index in [0.717, 1.165) is 17.2 Å². The summed E-state index contributed by atoms with van der Waals surface area (Å²) in [6.45, 7) is 1.29. The highest BCUT2D eigenvalue weighted by Crippen LogP contribution is 2.46. The summed E-state index contributed by atoms with van der Waals surface area (Å²) in [7, 11) is 0. The van der Waals surface area contributed by atoms with Crippen LogP contribution in [0.15, 0.2) is 36.5 Å². The first kappa shape index (κ1) is 42.6. The number of nitrogens with zero attached hydrogens (tertiary/aromatic N) is 5. The van der Waals surface area contributed by atoms with E-state index >= 15 is 0 Å². The minimum absolute atomic E-state index is 0.00489. The average molecular weight is 791 g/mol. The van der Waals surface area contributed by atoms with Crippen LogP contribution in [0.3, 0.4) is 0 Å². The van der Waals surface area contributed by atoms with Gasteiger partial charge in [0.15, 0.2) is 5.75 Å². The summed E-state index contributed by atoms with van der Waals surface area (Å²) in [5, 5.41) is 17.7. The Bertz CT molecular complexity index is 1870. The van der Waals surface area contributed by atoms with Gasteiger partial charge >= 0.3 is 30.6 Å². The molecule has 2 aromatic heterocycles. The van der Waals surface area contributed by atoms with E-state index in [1.165, 1.54) is 0 Å². The maximum Gasteiger partial charge on any atom is 0.433 e. The van der Waals surface area contributed by atoms with Gasteiger partial charge in [0.05, 0.1) is 59.6 Å². The van der Waals surface area contributed by atoms with E-state index in [2.05, 4.69) is 15.0 Å². The van der Waals surface area contributed by atoms with E-state index in [4.69, 9.17) is 25.6 Å². The highest BCUT2D eigenvalue weighted by Gasteiger charge is 2.48. The predicted octanol–water partition coefficient (Wildman–Crippen LogP) is 8.39. The topological polar surface area (TPSA) is 165 Å². The molecule has 1 aromatic carbocycles. The Balaban J connectivity index is 1.82. The zero-order chi connectivity index (χ0) is 40.8. The second-order valence-electron chi connectivity index (χ2n) is 12.7. The number of carbonyl (C=O) groups excluding carboxylic acids is 1. The van der Waals surface area contributed by atoms with Gasteiger partial charge in [-0.1, -0.05) is 6.92 Å². The number of hydrogen-bond donors (Lipinski definition) is 2. The van der Waals surface area contributed by atoms with Crippen molar-refractivity contribution < 1.29 is 63.7 Å². The van der Waals surface area contributed by atoms with Gasteiger partial charge in [0.1, 0.15) is 17.2 Å². The van der Waals surface area contributed by atoms with Crippen LogP contribution in [0.1, 0.15) is 104 Å². The van der Waals surface area contributed by atoms with Gasteiger partial charge in [0.2, 0.25) is 0 Å². The van der Waals surface area contributed by atoms with Gasteiger partial charge in [-0.25, -0.2) is 19.7 Å². The van der Waals surface area contributed by atoms with Crippen molar-refractivity contribution in [1.29, 1.82) is 5.26 Å². The molecular formula is C35H35F9N6O5. The fraction of sp³-hybridized carbons (Fsp3) is 0.486. The number of aromatic nitrogens is 3. The Morgan fingerprint density at radius 3 is 2.22 bits per heavy atom. The molecule has 11 nitrogen and oxygen atoms in total. The third kappa shape index (κ3) is 10.7. The number of rotatable bonds is 14. The highest BCUT2D eigenvalue weighted by molar-refractivity contribution is 5.91. The molecule has 3 heterocycles. The second-order valence-corrected chi connectivity index (χ2v) is 12.7. The number of anilines is 1. The first-order chi connectivity index (χ1) is 25.7. The van der Waals surface area contributed by atoms with Gasteiger partial charge in [0.25, 0.3) is 0 Å². The van der Waals surface area contributed by atoms with E-state index in [-0.39, 0.29) is 86.5 Å². The van der Waals surface area contributed by atoms with Crippen molar-refractivity contribution in [3.05, 3.63) is 76.1 Å². The van der Waals surface area contributed by atoms with Crippen molar-refractivity contribution in [2.45, 2.75) is 94.8 Å². The Kier molecular flexibility index (Phi) is 13.2. The minimum atomic E-state index is -5.16. The Labute approximate surface area is 308 Å². The lowest BCUT2D eigenvalue weighted by Crippen LogP contribution is -2.62. The molecule has 3 N–H and O–H groups in total. The van der Waals surface area contributed by atoms with Crippen LogP contribution in [-0.2, 0) is 34.5 Å². The minimum Gasteiger partial charge on any atom is -0.490 e. The number of carboxylic acid groups (broad SMARTS) is 1. The van der Waals surface area contributed by atoms with Crippen molar-refractivity contribution in [3.8, 4) is 11.8 Å². The number of unbranched alkanes of at least 4 members (excludes halogenated alkanes) is 3. The molecule has 55 heavy (non-hydrogen) atoms. The lowest BCUT2D eigenvalue weighted by molar-refractivity contribution is -0.143. The van der Waals surface area contributed by atoms with Gasteiger partial charge in [-0.05, 0) is 74.4 Å². The Hall–Kier alpha value is -5.19. The third-order valence-electron chi connectivity index (χ3n) is 8.69. The molecule has 0 bridgehead atoms. The average Bonchev–Trinajstić information content (AvgIpc) is 3.10. The number of benzene rings is 1. The molecule has 3 aromatic rings. The Morgan fingerprint density at radius 1 is 0.964 bits per heavy atom. The number of pyridine rings is 1. The van der Waals surface area contributed by atoms with Crippen molar-refractivity contribution in [2.24, 2.45) is 5.73 Å². The number of ether oxygens (including phenoxy) is 2. The van der Waals surface area contributed by atoms with Crippen LogP contribution in [0.2, 0.25) is 0 Å². The fourth-order valence-corrected chi connectivity index (χ4v) is 5.91. The highest BCUT2D eigenvalue weighted by atomic mass is 19.4. The molecule has 2 atom stereocenters. The van der Waals surface area contributed by atoms with Crippen LogP contribution >= 0.6 is 0 Å². The van der Waals surface area contributed by atoms with E-state index in [0.29, 0.717) is 31.0 Å². The smallest absolute Gasteiger partial charge is 0.433 e. The molecule has 1 amide bonds. The van der Waals surface area contributed by atoms with Gasteiger partial charge in [0, 0.05) is 19.3 Å². The van der Waals surface area contributed by atoms with Crippen LogP contribution in [0, 0.1) is 11.3 Å². The zero-order valence-electron chi connectivity index (χ0n) is 29.1. The molecule has 20 heteroatoms. The first-order valence-corrected chi connectivity index (χ1v) is 16.9. The van der Waals surface area contributed by atoms with Crippen LogP contribution in [-0.4, -0.2) is 51.0 Å². The Morgan fingerprint density at radius 2 is 1.64 bits per heavy atom. The number of nitrogens with two attached hydrogens (primary N) is 1. The molecule has 4 rings (SSSR count). The summed E-state index contributed by atoms with van der Waals surface area (Å²) in [4.78, 5) is 37.7. The molecule has 0 fully saturated rings. The van der Waals surface area contributed by atoms with Gasteiger partial charge in [-0.2, -0.15) is 44.8 Å². The van der Waals surface area contributed by atoms with E-state index < -0.39 is 71.0 Å². The first-order valence-electron chi connectivity index (χ1n) is 16.9. The van der Waals surface area contributed by atoms with Crippen LogP contribution in [0.25, 0.3) is 0 Å². The molecule has 0 saturated heterocycles. The summed E-state index contributed by atoms with van der Waals surface area (Å²) in [6.07, 6.45) is -15.2. The third-order valence-corrected chi connectivity index (χ3v) is 8.69. The predicted molar refractivity (Wildman–Crippen MR) is 174 cm³/mol. The SMILES string of the molecule is CC[C@]1(N)C[C@H](c2ncc(OCCCC#N)c(Cc3cc(C(F)(F)F)cc(C(F)(F)F)c3)n2)c2nc(C(F)(F)F)ccc2N1C(=O)OCCCCCC(=O)O. The summed E-state index contributed by atoms with van der Waals surface area (Å²) in [5.74, 6) is -2.76. The number of hydrogen-bond acceptors (Lipinski definition) is 9. The standard InChI is InChI=1S/C35H35F9N6O5/c1-2-32(46)18-23(29-25(9-10-27(49-29)35(42,43)44)50(32)31(53)55-13-6-3-4-8-28(51)52)30-47-19-26(54-12-7-5-11-45)24(48-30)16-20-14-21(33(36,37)38)17-22(15-20)34(39,40)41/h9-10,14-15,17,19,23H,2-8,12-13,16,18,46H2,1H3,(H,51,52)/t23-,32+/m0/s1. The molecule has 298 valence electrons. The van der Waals surface area contributed by atoms with E-state index in [1.807, 2.05) is 6.07 Å². The monoisotopic (exact) mass is 790 g/mol. The van der Waals surface area contributed by atoms with E-state index in [9.17, 15) is 49.1 Å². The molecule has 0 aliphatic carbocycles. The largest absolute Gasteiger partial charge is 0.490 e. The second kappa shape index (κ2) is 17.1. The maximum atomic E-state index is 14.0.